The first-order valence-electron chi connectivity index (χ1n) is 8.84. The van der Waals surface area contributed by atoms with Gasteiger partial charge in [-0.3, -0.25) is 4.79 Å². The number of amides is 1. The van der Waals surface area contributed by atoms with Crippen LogP contribution in [0.3, 0.4) is 0 Å². The highest BCUT2D eigenvalue weighted by molar-refractivity contribution is 5.76. The Morgan fingerprint density at radius 1 is 1.36 bits per heavy atom. The monoisotopic (exact) mass is 345 g/mol. The average Bonchev–Trinajstić information content (AvgIpc) is 3.11. The first kappa shape index (κ1) is 17.6. The third kappa shape index (κ3) is 4.06. The van der Waals surface area contributed by atoms with Crippen LogP contribution in [-0.2, 0) is 10.5 Å². The fourth-order valence-corrected chi connectivity index (χ4v) is 3.08. The van der Waals surface area contributed by atoms with Crippen molar-refractivity contribution in [3.05, 3.63) is 36.2 Å². The third-order valence-electron chi connectivity index (χ3n) is 4.57. The van der Waals surface area contributed by atoms with E-state index in [2.05, 4.69) is 24.0 Å². The Bertz CT molecular complexity index is 716. The molecule has 0 radical (unpaired) electrons. The van der Waals surface area contributed by atoms with Crippen LogP contribution >= 0.6 is 0 Å². The van der Waals surface area contributed by atoms with Crippen molar-refractivity contribution in [2.45, 2.75) is 45.2 Å². The van der Waals surface area contributed by atoms with Crippen LogP contribution in [0.1, 0.15) is 45.4 Å². The summed E-state index contributed by atoms with van der Waals surface area (Å²) in [5, 5.41) is 3.91. The summed E-state index contributed by atoms with van der Waals surface area (Å²) >= 11 is 0. The van der Waals surface area contributed by atoms with Gasteiger partial charge in [-0.1, -0.05) is 49.3 Å². The summed E-state index contributed by atoms with van der Waals surface area (Å²) in [4.78, 5) is 18.2. The number of likely N-dealkylation sites (tertiary alicyclic amines) is 1. The number of rotatable bonds is 5. The van der Waals surface area contributed by atoms with E-state index in [1.165, 1.54) is 0 Å². The molecular formula is C19H24FN3O2. The number of hydrogen-bond acceptors (Lipinski definition) is 4. The van der Waals surface area contributed by atoms with Gasteiger partial charge in [0.2, 0.25) is 17.4 Å². The molecule has 1 fully saturated rings. The SMILES string of the molecule is CC(C)CCC(=O)N1CCCC(F)(c2nc(-c3ccccc3)no2)C1. The molecule has 0 N–H and O–H groups in total. The highest BCUT2D eigenvalue weighted by Gasteiger charge is 2.43. The van der Waals surface area contributed by atoms with E-state index in [0.717, 1.165) is 12.0 Å². The molecule has 1 amide bonds. The van der Waals surface area contributed by atoms with E-state index in [-0.39, 0.29) is 24.8 Å². The Kier molecular flexibility index (Phi) is 5.16. The molecule has 2 heterocycles. The van der Waals surface area contributed by atoms with Crippen molar-refractivity contribution in [3.8, 4) is 11.4 Å². The zero-order chi connectivity index (χ0) is 17.9. The van der Waals surface area contributed by atoms with E-state index in [1.807, 2.05) is 30.3 Å². The largest absolute Gasteiger partial charge is 0.339 e. The number of carbonyl (C=O) groups is 1. The predicted octanol–water partition coefficient (Wildman–Crippen LogP) is 3.96. The Balaban J connectivity index is 1.73. The summed E-state index contributed by atoms with van der Waals surface area (Å²) < 4.78 is 20.7. The summed E-state index contributed by atoms with van der Waals surface area (Å²) in [5.74, 6) is 0.787. The van der Waals surface area contributed by atoms with Crippen LogP contribution in [0.2, 0.25) is 0 Å². The Hall–Kier alpha value is -2.24. The standard InChI is InChI=1S/C19H24FN3O2/c1-14(2)9-10-16(24)23-12-6-11-19(20,13-23)18-21-17(22-25-18)15-7-4-3-5-8-15/h3-5,7-8,14H,6,9-13H2,1-2H3. The fraction of sp³-hybridized carbons (Fsp3) is 0.526. The van der Waals surface area contributed by atoms with E-state index >= 15 is 4.39 Å². The van der Waals surface area contributed by atoms with Gasteiger partial charge in [0.25, 0.3) is 5.89 Å². The highest BCUT2D eigenvalue weighted by atomic mass is 19.1. The van der Waals surface area contributed by atoms with Crippen molar-refractivity contribution in [2.75, 3.05) is 13.1 Å². The summed E-state index contributed by atoms with van der Waals surface area (Å²) in [6.45, 7) is 4.72. The fourth-order valence-electron chi connectivity index (χ4n) is 3.08. The maximum atomic E-state index is 15.5. The van der Waals surface area contributed by atoms with Crippen LogP contribution in [0.15, 0.2) is 34.9 Å². The van der Waals surface area contributed by atoms with Gasteiger partial charge in [-0.2, -0.15) is 4.98 Å². The molecule has 1 unspecified atom stereocenters. The smallest absolute Gasteiger partial charge is 0.266 e. The predicted molar refractivity (Wildman–Crippen MR) is 92.4 cm³/mol. The van der Waals surface area contributed by atoms with Crippen LogP contribution in [-0.4, -0.2) is 34.0 Å². The van der Waals surface area contributed by atoms with Crippen molar-refractivity contribution in [3.63, 3.8) is 0 Å². The number of halogens is 1. The number of piperidine rings is 1. The first-order chi connectivity index (χ1) is 12.0. The van der Waals surface area contributed by atoms with E-state index < -0.39 is 5.67 Å². The lowest BCUT2D eigenvalue weighted by Crippen LogP contribution is -2.46. The minimum absolute atomic E-state index is 0.00165. The molecule has 1 aromatic carbocycles. The molecule has 3 rings (SSSR count). The van der Waals surface area contributed by atoms with Gasteiger partial charge in [-0.15, -0.1) is 0 Å². The number of nitrogens with zero attached hydrogens (tertiary/aromatic N) is 3. The van der Waals surface area contributed by atoms with E-state index in [4.69, 9.17) is 4.52 Å². The van der Waals surface area contributed by atoms with Crippen LogP contribution in [0, 0.1) is 5.92 Å². The number of aromatic nitrogens is 2. The molecule has 0 saturated carbocycles. The van der Waals surface area contributed by atoms with Crippen molar-refractivity contribution in [1.82, 2.24) is 15.0 Å². The van der Waals surface area contributed by atoms with Gasteiger partial charge in [0.15, 0.2) is 0 Å². The zero-order valence-electron chi connectivity index (χ0n) is 14.7. The molecule has 1 aliphatic rings. The summed E-state index contributed by atoms with van der Waals surface area (Å²) in [5.41, 5.74) is -0.993. The summed E-state index contributed by atoms with van der Waals surface area (Å²) in [6.07, 6.45) is 2.14. The molecule has 1 aliphatic heterocycles. The molecule has 1 atom stereocenters. The lowest BCUT2D eigenvalue weighted by molar-refractivity contribution is -0.136. The summed E-state index contributed by atoms with van der Waals surface area (Å²) in [6, 6.07) is 9.33. The molecule has 1 saturated heterocycles. The van der Waals surface area contributed by atoms with Crippen LogP contribution in [0.4, 0.5) is 4.39 Å². The molecule has 0 bridgehead atoms. The van der Waals surface area contributed by atoms with Gasteiger partial charge in [0.1, 0.15) is 0 Å². The van der Waals surface area contributed by atoms with Crippen molar-refractivity contribution in [1.29, 1.82) is 0 Å². The minimum atomic E-state index is -1.77. The second kappa shape index (κ2) is 7.33. The Labute approximate surface area is 147 Å². The lowest BCUT2D eigenvalue weighted by atomic mass is 9.94. The Morgan fingerprint density at radius 3 is 2.84 bits per heavy atom. The maximum absolute atomic E-state index is 15.5. The third-order valence-corrected chi connectivity index (χ3v) is 4.57. The van der Waals surface area contributed by atoms with E-state index in [9.17, 15) is 4.79 Å². The number of alkyl halides is 1. The summed E-state index contributed by atoms with van der Waals surface area (Å²) in [7, 11) is 0. The van der Waals surface area contributed by atoms with Crippen molar-refractivity contribution >= 4 is 5.91 Å². The van der Waals surface area contributed by atoms with Gasteiger partial charge in [0.05, 0.1) is 6.54 Å². The average molecular weight is 345 g/mol. The number of carbonyl (C=O) groups excluding carboxylic acids is 1. The van der Waals surface area contributed by atoms with Gasteiger partial charge in [0, 0.05) is 18.5 Å². The molecule has 134 valence electrons. The lowest BCUT2D eigenvalue weighted by Gasteiger charge is -2.35. The maximum Gasteiger partial charge on any atom is 0.266 e. The molecule has 6 heteroatoms. The van der Waals surface area contributed by atoms with Crippen LogP contribution in [0.25, 0.3) is 11.4 Å². The van der Waals surface area contributed by atoms with E-state index in [0.29, 0.717) is 31.1 Å². The quantitative estimate of drug-likeness (QED) is 0.823. The van der Waals surface area contributed by atoms with Crippen molar-refractivity contribution in [2.24, 2.45) is 5.92 Å². The second-order valence-electron chi connectivity index (χ2n) is 7.11. The second-order valence-corrected chi connectivity index (χ2v) is 7.11. The molecule has 0 aliphatic carbocycles. The molecule has 1 aromatic heterocycles. The van der Waals surface area contributed by atoms with Crippen LogP contribution < -0.4 is 0 Å². The molecule has 2 aromatic rings. The zero-order valence-corrected chi connectivity index (χ0v) is 14.7. The molecule has 0 spiro atoms. The highest BCUT2D eigenvalue weighted by Crippen LogP contribution is 2.35. The van der Waals surface area contributed by atoms with Gasteiger partial charge >= 0.3 is 0 Å². The molecular weight excluding hydrogens is 321 g/mol. The first-order valence-corrected chi connectivity index (χ1v) is 8.84. The topological polar surface area (TPSA) is 59.2 Å². The van der Waals surface area contributed by atoms with Gasteiger partial charge < -0.3 is 9.42 Å². The normalized spacial score (nSPS) is 20.9. The molecule has 5 nitrogen and oxygen atoms in total. The van der Waals surface area contributed by atoms with Gasteiger partial charge in [-0.25, -0.2) is 4.39 Å². The van der Waals surface area contributed by atoms with Crippen LogP contribution in [0.5, 0.6) is 0 Å². The minimum Gasteiger partial charge on any atom is -0.339 e. The Morgan fingerprint density at radius 2 is 2.12 bits per heavy atom. The van der Waals surface area contributed by atoms with Crippen molar-refractivity contribution < 1.29 is 13.7 Å². The molecule has 25 heavy (non-hydrogen) atoms. The van der Waals surface area contributed by atoms with E-state index in [1.54, 1.807) is 4.90 Å². The number of benzene rings is 1. The number of hydrogen-bond donors (Lipinski definition) is 0. The van der Waals surface area contributed by atoms with Gasteiger partial charge in [-0.05, 0) is 25.2 Å².